The molecule has 0 amide bonds. The second-order valence-electron chi connectivity index (χ2n) is 4.05. The van der Waals surface area contributed by atoms with Crippen LogP contribution in [0.5, 0.6) is 5.75 Å². The number of oxime groups is 1. The summed E-state index contributed by atoms with van der Waals surface area (Å²) in [5.74, 6) is -0.233. The van der Waals surface area contributed by atoms with Gasteiger partial charge in [-0.1, -0.05) is 24.2 Å². The quantitative estimate of drug-likeness (QED) is 0.867. The van der Waals surface area contributed by atoms with E-state index in [9.17, 15) is 4.79 Å². The fourth-order valence-electron chi connectivity index (χ4n) is 1.67. The molecule has 1 aliphatic heterocycles. The molecule has 1 heterocycles. The van der Waals surface area contributed by atoms with Gasteiger partial charge < -0.3 is 14.7 Å². The van der Waals surface area contributed by atoms with Gasteiger partial charge >= 0.3 is 5.97 Å². The molecule has 0 aliphatic carbocycles. The Morgan fingerprint density at radius 2 is 2.44 bits per heavy atom. The first-order valence-corrected chi connectivity index (χ1v) is 5.89. The Balaban J connectivity index is 2.08. The van der Waals surface area contributed by atoms with Gasteiger partial charge in [-0.15, -0.1) is 0 Å². The molecule has 1 aromatic rings. The zero-order chi connectivity index (χ0) is 13.0. The summed E-state index contributed by atoms with van der Waals surface area (Å²) in [6, 6.07) is 7.44. The lowest BCUT2D eigenvalue weighted by molar-refractivity contribution is -0.148. The van der Waals surface area contributed by atoms with E-state index >= 15 is 0 Å². The number of rotatable bonds is 5. The Hall–Kier alpha value is -2.04. The molecule has 1 aromatic carbocycles. The summed E-state index contributed by atoms with van der Waals surface area (Å²) in [6.45, 7) is 2.69. The van der Waals surface area contributed by atoms with E-state index in [1.165, 1.54) is 0 Å². The van der Waals surface area contributed by atoms with E-state index in [0.717, 1.165) is 17.7 Å². The lowest BCUT2D eigenvalue weighted by Gasteiger charge is -2.06. The summed E-state index contributed by atoms with van der Waals surface area (Å²) in [7, 11) is 0. The predicted octanol–water partition coefficient (Wildman–Crippen LogP) is 2.05. The van der Waals surface area contributed by atoms with Crippen molar-refractivity contribution in [3.05, 3.63) is 29.8 Å². The van der Waals surface area contributed by atoms with Crippen LogP contribution >= 0.6 is 0 Å². The normalized spacial score (nSPS) is 18.1. The summed E-state index contributed by atoms with van der Waals surface area (Å²) in [5, 5.41) is 12.6. The molecule has 0 spiro atoms. The number of hydrogen-bond donors (Lipinski definition) is 1. The smallest absolute Gasteiger partial charge is 0.348 e. The van der Waals surface area contributed by atoms with E-state index in [1.807, 2.05) is 31.2 Å². The topological polar surface area (TPSA) is 68.1 Å². The van der Waals surface area contributed by atoms with Crippen molar-refractivity contribution in [1.29, 1.82) is 0 Å². The van der Waals surface area contributed by atoms with Crippen LogP contribution in [0.15, 0.2) is 29.4 Å². The van der Waals surface area contributed by atoms with Gasteiger partial charge in [0.1, 0.15) is 5.75 Å². The molecule has 1 aliphatic rings. The van der Waals surface area contributed by atoms with Gasteiger partial charge in [0.25, 0.3) is 0 Å². The van der Waals surface area contributed by atoms with Crippen molar-refractivity contribution in [2.45, 2.75) is 25.9 Å². The van der Waals surface area contributed by atoms with Gasteiger partial charge in [0, 0.05) is 12.0 Å². The molecular weight excluding hydrogens is 234 g/mol. The van der Waals surface area contributed by atoms with Crippen LogP contribution in [0.2, 0.25) is 0 Å². The summed E-state index contributed by atoms with van der Waals surface area (Å²) in [4.78, 5) is 15.6. The zero-order valence-electron chi connectivity index (χ0n) is 10.1. The maximum atomic E-state index is 10.8. The fourth-order valence-corrected chi connectivity index (χ4v) is 1.67. The van der Waals surface area contributed by atoms with Gasteiger partial charge in [0.05, 0.1) is 12.3 Å². The minimum Gasteiger partial charge on any atom is -0.494 e. The van der Waals surface area contributed by atoms with E-state index in [4.69, 9.17) is 14.7 Å². The number of aliphatic carboxylic acids is 1. The number of benzene rings is 1. The summed E-state index contributed by atoms with van der Waals surface area (Å²) >= 11 is 0. The minimum atomic E-state index is -0.993. The van der Waals surface area contributed by atoms with Gasteiger partial charge in [-0.05, 0) is 18.6 Å². The van der Waals surface area contributed by atoms with Crippen molar-refractivity contribution < 1.29 is 19.5 Å². The molecule has 5 nitrogen and oxygen atoms in total. The molecule has 0 fully saturated rings. The van der Waals surface area contributed by atoms with Gasteiger partial charge in [0.2, 0.25) is 6.10 Å². The molecule has 18 heavy (non-hydrogen) atoms. The molecule has 96 valence electrons. The summed E-state index contributed by atoms with van der Waals surface area (Å²) in [5.41, 5.74) is 1.48. The molecule has 1 unspecified atom stereocenters. The van der Waals surface area contributed by atoms with Crippen LogP contribution < -0.4 is 4.74 Å². The standard InChI is InChI=1S/C13H15NO4/c1-2-6-17-10-5-3-4-9(7-10)11-8-12(13(15)16)18-14-11/h3-5,7,12H,2,6,8H2,1H3,(H,15,16). The molecule has 0 radical (unpaired) electrons. The van der Waals surface area contributed by atoms with Crippen molar-refractivity contribution >= 4 is 11.7 Å². The number of nitrogens with zero attached hydrogens (tertiary/aromatic N) is 1. The third-order valence-corrected chi connectivity index (χ3v) is 2.58. The average molecular weight is 249 g/mol. The highest BCUT2D eigenvalue weighted by atomic mass is 16.7. The van der Waals surface area contributed by atoms with E-state index in [1.54, 1.807) is 0 Å². The third-order valence-electron chi connectivity index (χ3n) is 2.58. The van der Waals surface area contributed by atoms with Crippen LogP contribution in [0, 0.1) is 0 Å². The van der Waals surface area contributed by atoms with Crippen LogP contribution in [0.4, 0.5) is 0 Å². The highest BCUT2D eigenvalue weighted by molar-refractivity contribution is 6.03. The first-order valence-electron chi connectivity index (χ1n) is 5.89. The van der Waals surface area contributed by atoms with Gasteiger partial charge in [-0.3, -0.25) is 0 Å². The van der Waals surface area contributed by atoms with Crippen LogP contribution in [-0.2, 0) is 9.63 Å². The van der Waals surface area contributed by atoms with Crippen molar-refractivity contribution in [2.75, 3.05) is 6.61 Å². The molecule has 1 N–H and O–H groups in total. The predicted molar refractivity (Wildman–Crippen MR) is 65.9 cm³/mol. The first kappa shape index (κ1) is 12.4. The Labute approximate surface area is 105 Å². The number of carboxylic acid groups (broad SMARTS) is 1. The fraction of sp³-hybridized carbons (Fsp3) is 0.385. The Morgan fingerprint density at radius 3 is 3.11 bits per heavy atom. The van der Waals surface area contributed by atoms with Crippen molar-refractivity contribution in [3.8, 4) is 5.75 Å². The van der Waals surface area contributed by atoms with Gasteiger partial charge in [-0.25, -0.2) is 4.79 Å². The van der Waals surface area contributed by atoms with Crippen LogP contribution in [0.1, 0.15) is 25.3 Å². The molecule has 0 saturated heterocycles. The number of ether oxygens (including phenoxy) is 1. The largest absolute Gasteiger partial charge is 0.494 e. The SMILES string of the molecule is CCCOc1cccc(C2=NOC(C(=O)O)C2)c1. The molecule has 0 bridgehead atoms. The Kier molecular flexibility index (Phi) is 3.82. The maximum Gasteiger partial charge on any atom is 0.348 e. The molecule has 0 aromatic heterocycles. The number of hydrogen-bond acceptors (Lipinski definition) is 4. The molecule has 1 atom stereocenters. The highest BCUT2D eigenvalue weighted by Crippen LogP contribution is 2.20. The Morgan fingerprint density at radius 1 is 1.61 bits per heavy atom. The van der Waals surface area contributed by atoms with Crippen LogP contribution in [0.3, 0.4) is 0 Å². The molecule has 2 rings (SSSR count). The third kappa shape index (κ3) is 2.80. The van der Waals surface area contributed by atoms with E-state index in [0.29, 0.717) is 12.3 Å². The summed E-state index contributed by atoms with van der Waals surface area (Å²) in [6.07, 6.45) is 0.349. The number of carboxylic acids is 1. The van der Waals surface area contributed by atoms with Crippen molar-refractivity contribution in [1.82, 2.24) is 0 Å². The van der Waals surface area contributed by atoms with E-state index < -0.39 is 12.1 Å². The minimum absolute atomic E-state index is 0.284. The second-order valence-corrected chi connectivity index (χ2v) is 4.05. The van der Waals surface area contributed by atoms with Gasteiger partial charge in [0.15, 0.2) is 0 Å². The lowest BCUT2D eigenvalue weighted by Crippen LogP contribution is -2.19. The van der Waals surface area contributed by atoms with E-state index in [-0.39, 0.29) is 6.42 Å². The van der Waals surface area contributed by atoms with Crippen LogP contribution in [0.25, 0.3) is 0 Å². The first-order chi connectivity index (χ1) is 8.70. The molecule has 5 heteroatoms. The summed E-state index contributed by atoms with van der Waals surface area (Å²) < 4.78 is 5.52. The van der Waals surface area contributed by atoms with Crippen molar-refractivity contribution in [3.63, 3.8) is 0 Å². The monoisotopic (exact) mass is 249 g/mol. The average Bonchev–Trinajstić information content (AvgIpc) is 2.86. The van der Waals surface area contributed by atoms with E-state index in [2.05, 4.69) is 5.16 Å². The van der Waals surface area contributed by atoms with Crippen LogP contribution in [-0.4, -0.2) is 29.5 Å². The molecule has 0 saturated carbocycles. The van der Waals surface area contributed by atoms with Gasteiger partial charge in [-0.2, -0.15) is 0 Å². The zero-order valence-corrected chi connectivity index (χ0v) is 10.1. The van der Waals surface area contributed by atoms with Crippen molar-refractivity contribution in [2.24, 2.45) is 5.16 Å². The number of carbonyl (C=O) groups is 1. The Bertz CT molecular complexity index is 470. The maximum absolute atomic E-state index is 10.8. The highest BCUT2D eigenvalue weighted by Gasteiger charge is 2.28. The second kappa shape index (κ2) is 5.53. The lowest BCUT2D eigenvalue weighted by atomic mass is 10.0. The molecular formula is C13H15NO4.